The van der Waals surface area contributed by atoms with Crippen LogP contribution >= 0.6 is 0 Å². The molecule has 156 valence electrons. The molecule has 2 N–H and O–H groups in total. The van der Waals surface area contributed by atoms with E-state index in [1.54, 1.807) is 24.3 Å². The summed E-state index contributed by atoms with van der Waals surface area (Å²) in [5.74, 6) is 0.250. The van der Waals surface area contributed by atoms with Gasteiger partial charge in [-0.25, -0.2) is 13.1 Å². The zero-order valence-corrected chi connectivity index (χ0v) is 17.6. The molecule has 1 aliphatic rings. The topological polar surface area (TPSA) is 78.5 Å². The van der Waals surface area contributed by atoms with Crippen molar-refractivity contribution in [3.8, 4) is 0 Å². The largest absolute Gasteiger partial charge is 0.326 e. The van der Waals surface area contributed by atoms with Crippen molar-refractivity contribution in [1.29, 1.82) is 0 Å². The lowest BCUT2D eigenvalue weighted by molar-refractivity contribution is -0.116. The summed E-state index contributed by atoms with van der Waals surface area (Å²) in [6.07, 6.45) is 2.43. The van der Waals surface area contributed by atoms with Crippen molar-refractivity contribution in [3.05, 3.63) is 60.2 Å². The summed E-state index contributed by atoms with van der Waals surface area (Å²) in [4.78, 5) is 14.7. The van der Waals surface area contributed by atoms with Crippen molar-refractivity contribution < 1.29 is 13.2 Å². The summed E-state index contributed by atoms with van der Waals surface area (Å²) in [5.41, 5.74) is 1.84. The SMILES string of the molecule is Cc1ccc(S(=O)(=O)NCC2CCCN(CCC(=O)Nc3ccccc3)C2)cc1. The molecule has 0 saturated carbocycles. The molecule has 0 spiro atoms. The molecule has 1 fully saturated rings. The number of benzene rings is 2. The molecular weight excluding hydrogens is 386 g/mol. The van der Waals surface area contributed by atoms with Crippen LogP contribution in [-0.4, -0.2) is 45.4 Å². The van der Waals surface area contributed by atoms with Gasteiger partial charge in [0.1, 0.15) is 0 Å². The van der Waals surface area contributed by atoms with Gasteiger partial charge in [0.05, 0.1) is 4.90 Å². The number of para-hydroxylation sites is 1. The monoisotopic (exact) mass is 415 g/mol. The summed E-state index contributed by atoms with van der Waals surface area (Å²) in [5, 5.41) is 2.90. The van der Waals surface area contributed by atoms with Gasteiger partial charge < -0.3 is 10.2 Å². The maximum atomic E-state index is 12.5. The number of hydrogen-bond donors (Lipinski definition) is 2. The third-order valence-electron chi connectivity index (χ3n) is 5.21. The maximum Gasteiger partial charge on any atom is 0.240 e. The van der Waals surface area contributed by atoms with Crippen molar-refractivity contribution in [1.82, 2.24) is 9.62 Å². The number of piperidine rings is 1. The predicted molar refractivity (Wildman–Crippen MR) is 115 cm³/mol. The molecule has 1 unspecified atom stereocenters. The number of nitrogens with zero attached hydrogens (tertiary/aromatic N) is 1. The first-order chi connectivity index (χ1) is 13.9. The van der Waals surface area contributed by atoms with Crippen LogP contribution in [0.3, 0.4) is 0 Å². The Kier molecular flexibility index (Phi) is 7.41. The normalized spacial score (nSPS) is 17.8. The molecule has 29 heavy (non-hydrogen) atoms. The number of anilines is 1. The molecule has 1 amide bonds. The van der Waals surface area contributed by atoms with Crippen LogP contribution in [0.15, 0.2) is 59.5 Å². The number of hydrogen-bond acceptors (Lipinski definition) is 4. The quantitative estimate of drug-likeness (QED) is 0.695. The van der Waals surface area contributed by atoms with Crippen LogP contribution in [0.2, 0.25) is 0 Å². The third-order valence-corrected chi connectivity index (χ3v) is 6.65. The standard InChI is InChI=1S/C22H29N3O3S/c1-18-9-11-21(12-10-18)29(27,28)23-16-19-6-5-14-25(17-19)15-13-22(26)24-20-7-3-2-4-8-20/h2-4,7-12,19,23H,5-6,13-17H2,1H3,(H,24,26). The van der Waals surface area contributed by atoms with Crippen LogP contribution in [0, 0.1) is 12.8 Å². The van der Waals surface area contributed by atoms with Crippen molar-refractivity contribution >= 4 is 21.6 Å². The van der Waals surface area contributed by atoms with Gasteiger partial charge in [-0.3, -0.25) is 4.79 Å². The number of nitrogens with one attached hydrogen (secondary N) is 2. The number of carbonyl (C=O) groups is 1. The fourth-order valence-corrected chi connectivity index (χ4v) is 4.67. The minimum absolute atomic E-state index is 0.00148. The number of amides is 1. The minimum atomic E-state index is -3.49. The lowest BCUT2D eigenvalue weighted by Crippen LogP contribution is -2.41. The summed E-state index contributed by atoms with van der Waals surface area (Å²) < 4.78 is 27.7. The Morgan fingerprint density at radius 2 is 1.83 bits per heavy atom. The van der Waals surface area contributed by atoms with Crippen molar-refractivity contribution in [3.63, 3.8) is 0 Å². The Hall–Kier alpha value is -2.22. The fourth-order valence-electron chi connectivity index (χ4n) is 3.55. The number of sulfonamides is 1. The van der Waals surface area contributed by atoms with E-state index in [1.165, 1.54) is 0 Å². The highest BCUT2D eigenvalue weighted by Gasteiger charge is 2.23. The second-order valence-corrected chi connectivity index (χ2v) is 9.40. The van der Waals surface area contributed by atoms with Crippen LogP contribution in [-0.2, 0) is 14.8 Å². The van der Waals surface area contributed by atoms with Crippen LogP contribution in [0.1, 0.15) is 24.8 Å². The lowest BCUT2D eigenvalue weighted by atomic mass is 9.98. The van der Waals surface area contributed by atoms with Gasteiger partial charge in [-0.15, -0.1) is 0 Å². The molecule has 7 heteroatoms. The van der Waals surface area contributed by atoms with Gasteiger partial charge in [0.25, 0.3) is 0 Å². The zero-order valence-electron chi connectivity index (χ0n) is 16.8. The lowest BCUT2D eigenvalue weighted by Gasteiger charge is -2.32. The first-order valence-electron chi connectivity index (χ1n) is 10.1. The number of carbonyl (C=O) groups excluding carboxylic acids is 1. The van der Waals surface area contributed by atoms with Gasteiger partial charge in [0, 0.05) is 31.7 Å². The summed E-state index contributed by atoms with van der Waals surface area (Å²) in [6, 6.07) is 16.3. The molecule has 3 rings (SSSR count). The second kappa shape index (κ2) is 10.0. The molecule has 1 aliphatic heterocycles. The molecular formula is C22H29N3O3S. The van der Waals surface area contributed by atoms with Gasteiger partial charge >= 0.3 is 0 Å². The van der Waals surface area contributed by atoms with Crippen LogP contribution in [0.5, 0.6) is 0 Å². The molecule has 0 radical (unpaired) electrons. The van der Waals surface area contributed by atoms with E-state index in [2.05, 4.69) is 14.9 Å². The first-order valence-corrected chi connectivity index (χ1v) is 11.5. The Bertz CT molecular complexity index is 899. The first kappa shape index (κ1) is 21.5. The summed E-state index contributed by atoms with van der Waals surface area (Å²) in [7, 11) is -3.49. The zero-order chi connectivity index (χ0) is 20.7. The Morgan fingerprint density at radius 1 is 1.10 bits per heavy atom. The van der Waals surface area contributed by atoms with Crippen LogP contribution < -0.4 is 10.0 Å². The van der Waals surface area contributed by atoms with Crippen LogP contribution in [0.4, 0.5) is 5.69 Å². The van der Waals surface area contributed by atoms with Gasteiger partial charge in [0.2, 0.25) is 15.9 Å². The third kappa shape index (κ3) is 6.66. The molecule has 2 aromatic rings. The maximum absolute atomic E-state index is 12.5. The Labute approximate surface area is 173 Å². The van der Waals surface area contributed by atoms with Gasteiger partial charge in [-0.1, -0.05) is 35.9 Å². The average Bonchev–Trinajstić information content (AvgIpc) is 2.72. The molecule has 0 bridgehead atoms. The van der Waals surface area contributed by atoms with E-state index in [-0.39, 0.29) is 11.8 Å². The smallest absolute Gasteiger partial charge is 0.240 e. The Balaban J connectivity index is 1.44. The number of likely N-dealkylation sites (tertiary alicyclic amines) is 1. The minimum Gasteiger partial charge on any atom is -0.326 e. The second-order valence-electron chi connectivity index (χ2n) is 7.64. The summed E-state index contributed by atoms with van der Waals surface area (Å²) in [6.45, 7) is 4.78. The highest BCUT2D eigenvalue weighted by molar-refractivity contribution is 7.89. The fraction of sp³-hybridized carbons (Fsp3) is 0.409. The molecule has 1 heterocycles. The van der Waals surface area contributed by atoms with Crippen LogP contribution in [0.25, 0.3) is 0 Å². The molecule has 1 saturated heterocycles. The van der Waals surface area contributed by atoms with E-state index in [0.717, 1.165) is 37.2 Å². The molecule has 6 nitrogen and oxygen atoms in total. The molecule has 0 aromatic heterocycles. The van der Waals surface area contributed by atoms with E-state index in [0.29, 0.717) is 24.4 Å². The highest BCUT2D eigenvalue weighted by atomic mass is 32.2. The molecule has 2 aromatic carbocycles. The Morgan fingerprint density at radius 3 is 2.55 bits per heavy atom. The van der Waals surface area contributed by atoms with E-state index in [9.17, 15) is 13.2 Å². The highest BCUT2D eigenvalue weighted by Crippen LogP contribution is 2.18. The van der Waals surface area contributed by atoms with Gasteiger partial charge in [-0.2, -0.15) is 0 Å². The average molecular weight is 416 g/mol. The predicted octanol–water partition coefficient (Wildman–Crippen LogP) is 3.01. The van der Waals surface area contributed by atoms with E-state index in [4.69, 9.17) is 0 Å². The number of rotatable bonds is 8. The molecule has 1 atom stereocenters. The summed E-state index contributed by atoms with van der Waals surface area (Å²) >= 11 is 0. The molecule has 0 aliphatic carbocycles. The number of aryl methyl sites for hydroxylation is 1. The van der Waals surface area contributed by atoms with E-state index in [1.807, 2.05) is 37.3 Å². The van der Waals surface area contributed by atoms with Gasteiger partial charge in [0.15, 0.2) is 0 Å². The van der Waals surface area contributed by atoms with Gasteiger partial charge in [-0.05, 0) is 56.5 Å². The van der Waals surface area contributed by atoms with E-state index >= 15 is 0 Å². The van der Waals surface area contributed by atoms with Crippen molar-refractivity contribution in [2.45, 2.75) is 31.1 Å². The van der Waals surface area contributed by atoms with E-state index < -0.39 is 10.0 Å². The van der Waals surface area contributed by atoms with Crippen molar-refractivity contribution in [2.24, 2.45) is 5.92 Å². The van der Waals surface area contributed by atoms with Crippen molar-refractivity contribution in [2.75, 3.05) is 31.5 Å².